The Kier molecular flexibility index (Phi) is 2.85. The molecule has 0 aliphatic heterocycles. The lowest BCUT2D eigenvalue weighted by Crippen LogP contribution is -2.07. The monoisotopic (exact) mass is 259 g/mol. The van der Waals surface area contributed by atoms with Gasteiger partial charge in [0.05, 0.1) is 12.7 Å². The molecule has 3 rings (SSSR count). The van der Waals surface area contributed by atoms with Crippen molar-refractivity contribution in [3.05, 3.63) is 18.2 Å². The van der Waals surface area contributed by atoms with Crippen LogP contribution in [0.1, 0.15) is 13.3 Å². The number of aromatic nitrogens is 4. The lowest BCUT2D eigenvalue weighted by Gasteiger charge is -2.10. The van der Waals surface area contributed by atoms with E-state index in [2.05, 4.69) is 22.4 Å². The second kappa shape index (κ2) is 4.53. The fraction of sp³-hybridized carbons (Fsp3) is 0.462. The third kappa shape index (κ3) is 2.14. The van der Waals surface area contributed by atoms with Crippen molar-refractivity contribution in [3.63, 3.8) is 0 Å². The molecule has 6 heteroatoms. The highest BCUT2D eigenvalue weighted by molar-refractivity contribution is 5.77. The second-order valence-corrected chi connectivity index (χ2v) is 5.08. The van der Waals surface area contributed by atoms with E-state index in [9.17, 15) is 0 Å². The summed E-state index contributed by atoms with van der Waals surface area (Å²) in [6.45, 7) is 3.08. The maximum Gasteiger partial charge on any atom is 0.187 e. The number of rotatable bonds is 4. The lowest BCUT2D eigenvalue weighted by molar-refractivity contribution is 0.415. The van der Waals surface area contributed by atoms with Crippen molar-refractivity contribution in [2.45, 2.75) is 19.9 Å². The number of hydrogen-bond donors (Lipinski definition) is 1. The molecule has 2 aromatic rings. The molecule has 1 saturated carbocycles. The molecule has 1 heterocycles. The molecule has 0 saturated heterocycles. The topological polar surface area (TPSA) is 78.8 Å². The molecule has 2 N–H and O–H groups in total. The minimum absolute atomic E-state index is 0.624. The van der Waals surface area contributed by atoms with Crippen LogP contribution in [0.2, 0.25) is 0 Å². The molecular weight excluding hydrogens is 242 g/mol. The van der Waals surface area contributed by atoms with Crippen LogP contribution in [0, 0.1) is 11.8 Å². The number of nitrogens with zero attached hydrogens (tertiary/aromatic N) is 4. The summed E-state index contributed by atoms with van der Waals surface area (Å²) >= 11 is 0. The molecule has 100 valence electrons. The van der Waals surface area contributed by atoms with Gasteiger partial charge in [-0.05, 0) is 40.8 Å². The van der Waals surface area contributed by atoms with Gasteiger partial charge in [-0.15, -0.1) is 5.10 Å². The van der Waals surface area contributed by atoms with Crippen LogP contribution in [-0.2, 0) is 6.54 Å². The molecule has 1 aliphatic carbocycles. The van der Waals surface area contributed by atoms with Crippen LogP contribution in [0.25, 0.3) is 11.4 Å². The van der Waals surface area contributed by atoms with Gasteiger partial charge in [0.2, 0.25) is 0 Å². The summed E-state index contributed by atoms with van der Waals surface area (Å²) in [6, 6.07) is 5.55. The van der Waals surface area contributed by atoms with Crippen LogP contribution < -0.4 is 10.5 Å². The average molecular weight is 259 g/mol. The number of ether oxygens (including phenoxy) is 1. The van der Waals surface area contributed by atoms with Gasteiger partial charge in [-0.25, -0.2) is 4.68 Å². The highest BCUT2D eigenvalue weighted by Crippen LogP contribution is 2.40. The van der Waals surface area contributed by atoms with E-state index < -0.39 is 0 Å². The summed E-state index contributed by atoms with van der Waals surface area (Å²) in [5.41, 5.74) is 7.43. The van der Waals surface area contributed by atoms with Crippen LogP contribution in [-0.4, -0.2) is 27.3 Å². The zero-order chi connectivity index (χ0) is 13.4. The van der Waals surface area contributed by atoms with Gasteiger partial charge in [-0.2, -0.15) is 0 Å². The molecule has 2 atom stereocenters. The van der Waals surface area contributed by atoms with Gasteiger partial charge in [0.25, 0.3) is 0 Å². The highest BCUT2D eigenvalue weighted by atomic mass is 16.5. The van der Waals surface area contributed by atoms with Crippen LogP contribution in [0.4, 0.5) is 5.69 Å². The largest absolute Gasteiger partial charge is 0.496 e. The van der Waals surface area contributed by atoms with Gasteiger partial charge in [-0.3, -0.25) is 0 Å². The van der Waals surface area contributed by atoms with Crippen molar-refractivity contribution in [3.8, 4) is 17.1 Å². The molecule has 2 unspecified atom stereocenters. The van der Waals surface area contributed by atoms with Gasteiger partial charge in [-0.1, -0.05) is 13.0 Å². The predicted molar refractivity (Wildman–Crippen MR) is 71.5 cm³/mol. The van der Waals surface area contributed by atoms with E-state index in [4.69, 9.17) is 10.5 Å². The molecule has 0 amide bonds. The first-order valence-corrected chi connectivity index (χ1v) is 6.39. The smallest absolute Gasteiger partial charge is 0.187 e. The predicted octanol–water partition coefficient (Wildman–Crippen LogP) is 1.59. The minimum atomic E-state index is 0.624. The summed E-state index contributed by atoms with van der Waals surface area (Å²) in [5, 5.41) is 11.9. The van der Waals surface area contributed by atoms with E-state index in [0.717, 1.165) is 18.0 Å². The summed E-state index contributed by atoms with van der Waals surface area (Å²) in [4.78, 5) is 0. The fourth-order valence-electron chi connectivity index (χ4n) is 2.34. The molecule has 0 radical (unpaired) electrons. The van der Waals surface area contributed by atoms with Crippen molar-refractivity contribution < 1.29 is 4.74 Å². The van der Waals surface area contributed by atoms with Crippen molar-refractivity contribution in [2.75, 3.05) is 12.8 Å². The molecule has 0 spiro atoms. The van der Waals surface area contributed by atoms with E-state index in [1.54, 1.807) is 7.11 Å². The second-order valence-electron chi connectivity index (χ2n) is 5.08. The van der Waals surface area contributed by atoms with Gasteiger partial charge >= 0.3 is 0 Å². The number of methoxy groups -OCH3 is 1. The summed E-state index contributed by atoms with van der Waals surface area (Å²) < 4.78 is 7.18. The number of nitrogens with two attached hydrogens (primary N) is 1. The van der Waals surface area contributed by atoms with Gasteiger partial charge in [0.1, 0.15) is 5.75 Å². The van der Waals surface area contributed by atoms with Crippen molar-refractivity contribution in [2.24, 2.45) is 11.8 Å². The Balaban J connectivity index is 2.00. The third-order valence-electron chi connectivity index (χ3n) is 3.72. The van der Waals surface area contributed by atoms with Crippen molar-refractivity contribution in [1.82, 2.24) is 20.2 Å². The Labute approximate surface area is 111 Å². The zero-order valence-corrected chi connectivity index (χ0v) is 11.1. The molecule has 1 aromatic heterocycles. The molecule has 0 bridgehead atoms. The standard InChI is InChI=1S/C13H17N5O/c1-8-6-9(8)7-18-13(15-16-17-18)12-10(14)4-3-5-11(12)19-2/h3-5,8-9H,6-7,14H2,1-2H3. The van der Waals surface area contributed by atoms with Crippen molar-refractivity contribution in [1.29, 1.82) is 0 Å². The third-order valence-corrected chi connectivity index (χ3v) is 3.72. The number of tetrazole rings is 1. The normalized spacial score (nSPS) is 21.4. The number of nitrogen functional groups attached to an aromatic ring is 1. The maximum atomic E-state index is 6.04. The number of hydrogen-bond acceptors (Lipinski definition) is 5. The first-order valence-electron chi connectivity index (χ1n) is 6.39. The van der Waals surface area contributed by atoms with E-state index in [1.165, 1.54) is 6.42 Å². The minimum Gasteiger partial charge on any atom is -0.496 e. The van der Waals surface area contributed by atoms with Gasteiger partial charge in [0, 0.05) is 12.2 Å². The van der Waals surface area contributed by atoms with E-state index in [1.807, 2.05) is 22.9 Å². The SMILES string of the molecule is COc1cccc(N)c1-c1nnnn1CC1CC1C. The zero-order valence-electron chi connectivity index (χ0n) is 11.1. The Morgan fingerprint density at radius 2 is 2.26 bits per heavy atom. The van der Waals surface area contributed by atoms with Crippen molar-refractivity contribution >= 4 is 5.69 Å². The molecular formula is C13H17N5O. The first kappa shape index (κ1) is 12.0. The van der Waals surface area contributed by atoms with Crippen LogP contribution >= 0.6 is 0 Å². The number of benzene rings is 1. The first-order chi connectivity index (χ1) is 9.20. The van der Waals surface area contributed by atoms with Crippen LogP contribution in [0.5, 0.6) is 5.75 Å². The molecule has 19 heavy (non-hydrogen) atoms. The summed E-state index contributed by atoms with van der Waals surface area (Å²) in [6.07, 6.45) is 1.24. The Morgan fingerprint density at radius 1 is 1.47 bits per heavy atom. The molecule has 1 fully saturated rings. The Hall–Kier alpha value is -2.11. The fourth-order valence-corrected chi connectivity index (χ4v) is 2.34. The van der Waals surface area contributed by atoms with E-state index >= 15 is 0 Å². The van der Waals surface area contributed by atoms with Gasteiger partial charge < -0.3 is 10.5 Å². The average Bonchev–Trinajstić information content (AvgIpc) is 2.90. The lowest BCUT2D eigenvalue weighted by atomic mass is 10.1. The van der Waals surface area contributed by atoms with E-state index in [0.29, 0.717) is 23.2 Å². The summed E-state index contributed by atoms with van der Waals surface area (Å²) in [5.74, 6) is 2.79. The highest BCUT2D eigenvalue weighted by Gasteiger charge is 2.34. The molecule has 6 nitrogen and oxygen atoms in total. The number of anilines is 1. The quantitative estimate of drug-likeness (QED) is 0.843. The Bertz CT molecular complexity index is 594. The molecule has 1 aromatic carbocycles. The van der Waals surface area contributed by atoms with Crippen LogP contribution in [0.3, 0.4) is 0 Å². The maximum absolute atomic E-state index is 6.04. The summed E-state index contributed by atoms with van der Waals surface area (Å²) in [7, 11) is 1.62. The van der Waals surface area contributed by atoms with Crippen LogP contribution in [0.15, 0.2) is 18.2 Å². The Morgan fingerprint density at radius 3 is 2.95 bits per heavy atom. The van der Waals surface area contributed by atoms with Gasteiger partial charge in [0.15, 0.2) is 5.82 Å². The molecule has 1 aliphatic rings. The van der Waals surface area contributed by atoms with E-state index in [-0.39, 0.29) is 0 Å².